The Balaban J connectivity index is 1.48. The SMILES string of the molecule is CCc1ccc(-c2nc(CSc3nnc(-c4ccncc4)n3CC)cs2)cc1. The van der Waals surface area contributed by atoms with Crippen molar-refractivity contribution in [3.63, 3.8) is 0 Å². The molecule has 0 saturated heterocycles. The monoisotopic (exact) mass is 407 g/mol. The van der Waals surface area contributed by atoms with Gasteiger partial charge in [0.15, 0.2) is 11.0 Å². The predicted octanol–water partition coefficient (Wildman–Crippen LogP) is 5.34. The Morgan fingerprint density at radius 3 is 2.46 bits per heavy atom. The summed E-state index contributed by atoms with van der Waals surface area (Å²) in [5.41, 5.74) is 4.62. The standard InChI is InChI=1S/C21H21N5S2/c1-3-15-5-7-17(8-6-15)20-23-18(13-27-20)14-28-21-25-24-19(26(21)4-2)16-9-11-22-12-10-16/h5-13H,3-4,14H2,1-2H3. The van der Waals surface area contributed by atoms with Crippen molar-refractivity contribution in [2.24, 2.45) is 0 Å². The molecule has 7 heteroatoms. The zero-order chi connectivity index (χ0) is 19.3. The van der Waals surface area contributed by atoms with Crippen molar-refractivity contribution in [3.8, 4) is 22.0 Å². The summed E-state index contributed by atoms with van der Waals surface area (Å²) >= 11 is 3.36. The van der Waals surface area contributed by atoms with Crippen molar-refractivity contribution < 1.29 is 0 Å². The van der Waals surface area contributed by atoms with E-state index in [9.17, 15) is 0 Å². The first-order valence-corrected chi connectivity index (χ1v) is 11.1. The number of thioether (sulfide) groups is 1. The van der Waals surface area contributed by atoms with Crippen LogP contribution in [0.4, 0.5) is 0 Å². The van der Waals surface area contributed by atoms with E-state index in [2.05, 4.69) is 63.2 Å². The summed E-state index contributed by atoms with van der Waals surface area (Å²) in [5, 5.41) is 12.9. The van der Waals surface area contributed by atoms with Crippen LogP contribution in [-0.4, -0.2) is 24.7 Å². The smallest absolute Gasteiger partial charge is 0.191 e. The van der Waals surface area contributed by atoms with Gasteiger partial charge in [0, 0.05) is 41.2 Å². The Hall–Kier alpha value is -2.51. The molecule has 0 radical (unpaired) electrons. The van der Waals surface area contributed by atoms with Gasteiger partial charge in [0.1, 0.15) is 5.01 Å². The molecule has 142 valence electrons. The van der Waals surface area contributed by atoms with Gasteiger partial charge < -0.3 is 4.57 Å². The molecule has 1 aromatic carbocycles. The molecule has 0 N–H and O–H groups in total. The molecule has 0 unspecified atom stereocenters. The molecule has 0 atom stereocenters. The number of pyridine rings is 1. The topological polar surface area (TPSA) is 56.5 Å². The van der Waals surface area contributed by atoms with Gasteiger partial charge in [-0.3, -0.25) is 4.98 Å². The van der Waals surface area contributed by atoms with Crippen molar-refractivity contribution in [2.45, 2.75) is 37.7 Å². The Labute approximate surface area is 172 Å². The second-order valence-corrected chi connectivity index (χ2v) is 8.07. The van der Waals surface area contributed by atoms with E-state index in [4.69, 9.17) is 4.98 Å². The van der Waals surface area contributed by atoms with Gasteiger partial charge in [-0.25, -0.2) is 4.98 Å². The van der Waals surface area contributed by atoms with Crippen LogP contribution >= 0.6 is 23.1 Å². The van der Waals surface area contributed by atoms with Gasteiger partial charge in [0.05, 0.1) is 5.69 Å². The number of thiazole rings is 1. The first-order chi connectivity index (χ1) is 13.8. The van der Waals surface area contributed by atoms with Gasteiger partial charge in [-0.15, -0.1) is 21.5 Å². The molecule has 0 aliphatic carbocycles. The van der Waals surface area contributed by atoms with Crippen LogP contribution in [-0.2, 0) is 18.7 Å². The van der Waals surface area contributed by atoms with E-state index < -0.39 is 0 Å². The van der Waals surface area contributed by atoms with E-state index in [-0.39, 0.29) is 0 Å². The molecular formula is C21H21N5S2. The van der Waals surface area contributed by atoms with E-state index >= 15 is 0 Å². The molecule has 0 aliphatic rings. The molecule has 4 aromatic rings. The zero-order valence-electron chi connectivity index (χ0n) is 15.9. The molecule has 28 heavy (non-hydrogen) atoms. The Bertz CT molecular complexity index is 1040. The number of hydrogen-bond acceptors (Lipinski definition) is 6. The Kier molecular flexibility index (Phi) is 5.83. The number of hydrogen-bond donors (Lipinski definition) is 0. The summed E-state index contributed by atoms with van der Waals surface area (Å²) in [6.45, 7) is 5.10. The van der Waals surface area contributed by atoms with Crippen LogP contribution < -0.4 is 0 Å². The van der Waals surface area contributed by atoms with Crippen molar-refractivity contribution in [3.05, 3.63) is 65.4 Å². The van der Waals surface area contributed by atoms with Gasteiger partial charge in [0.2, 0.25) is 0 Å². The minimum atomic E-state index is 0.776. The van der Waals surface area contributed by atoms with Gasteiger partial charge in [0.25, 0.3) is 0 Å². The highest BCUT2D eigenvalue weighted by atomic mass is 32.2. The molecular weight excluding hydrogens is 386 g/mol. The summed E-state index contributed by atoms with van der Waals surface area (Å²) in [4.78, 5) is 8.88. The summed E-state index contributed by atoms with van der Waals surface area (Å²) in [5.74, 6) is 1.65. The third kappa shape index (κ3) is 4.00. The lowest BCUT2D eigenvalue weighted by Gasteiger charge is -2.06. The number of aryl methyl sites for hydroxylation is 1. The number of nitrogens with zero attached hydrogens (tertiary/aromatic N) is 5. The molecule has 4 rings (SSSR count). The first kappa shape index (κ1) is 18.8. The molecule has 0 aliphatic heterocycles. The maximum Gasteiger partial charge on any atom is 0.191 e. The van der Waals surface area contributed by atoms with Gasteiger partial charge in [-0.2, -0.15) is 0 Å². The molecule has 3 aromatic heterocycles. The highest BCUT2D eigenvalue weighted by Crippen LogP contribution is 2.29. The van der Waals surface area contributed by atoms with Crippen LogP contribution in [0.25, 0.3) is 22.0 Å². The lowest BCUT2D eigenvalue weighted by Crippen LogP contribution is -2.00. The number of rotatable bonds is 7. The van der Waals surface area contributed by atoms with Crippen LogP contribution in [0.5, 0.6) is 0 Å². The van der Waals surface area contributed by atoms with Gasteiger partial charge in [-0.1, -0.05) is 43.0 Å². The molecule has 0 fully saturated rings. The van der Waals surface area contributed by atoms with Crippen molar-refractivity contribution in [1.82, 2.24) is 24.7 Å². The van der Waals surface area contributed by atoms with Crippen LogP contribution in [0.15, 0.2) is 59.3 Å². The highest BCUT2D eigenvalue weighted by Gasteiger charge is 2.14. The average Bonchev–Trinajstić information content (AvgIpc) is 3.39. The van der Waals surface area contributed by atoms with Gasteiger partial charge in [-0.05, 0) is 31.0 Å². The normalized spacial score (nSPS) is 11.1. The lowest BCUT2D eigenvalue weighted by atomic mass is 10.1. The Morgan fingerprint density at radius 2 is 1.75 bits per heavy atom. The number of aromatic nitrogens is 5. The fourth-order valence-electron chi connectivity index (χ4n) is 2.92. The van der Waals surface area contributed by atoms with E-state index in [1.54, 1.807) is 35.5 Å². The minimum Gasteiger partial charge on any atom is -0.302 e. The van der Waals surface area contributed by atoms with E-state index in [1.165, 1.54) is 11.1 Å². The van der Waals surface area contributed by atoms with E-state index in [0.717, 1.165) is 46.0 Å². The predicted molar refractivity (Wildman–Crippen MR) is 115 cm³/mol. The van der Waals surface area contributed by atoms with E-state index in [1.807, 2.05) is 12.1 Å². The van der Waals surface area contributed by atoms with Crippen LogP contribution in [0.1, 0.15) is 25.1 Å². The Morgan fingerprint density at radius 1 is 0.964 bits per heavy atom. The molecule has 0 saturated carbocycles. The van der Waals surface area contributed by atoms with Crippen molar-refractivity contribution in [1.29, 1.82) is 0 Å². The molecule has 5 nitrogen and oxygen atoms in total. The minimum absolute atomic E-state index is 0.776. The summed E-state index contributed by atoms with van der Waals surface area (Å²) < 4.78 is 2.14. The maximum atomic E-state index is 4.80. The largest absolute Gasteiger partial charge is 0.302 e. The molecule has 3 heterocycles. The second kappa shape index (κ2) is 8.67. The maximum absolute atomic E-state index is 4.80. The molecule has 0 bridgehead atoms. The quantitative estimate of drug-likeness (QED) is 0.387. The zero-order valence-corrected chi connectivity index (χ0v) is 17.5. The third-order valence-electron chi connectivity index (χ3n) is 4.48. The lowest BCUT2D eigenvalue weighted by molar-refractivity contribution is 0.687. The van der Waals surface area contributed by atoms with Crippen molar-refractivity contribution >= 4 is 23.1 Å². The fraction of sp³-hybridized carbons (Fsp3) is 0.238. The van der Waals surface area contributed by atoms with Crippen molar-refractivity contribution in [2.75, 3.05) is 0 Å². The summed E-state index contributed by atoms with van der Waals surface area (Å²) in [7, 11) is 0. The fourth-order valence-corrected chi connectivity index (χ4v) is 4.75. The van der Waals surface area contributed by atoms with E-state index in [0.29, 0.717) is 0 Å². The van der Waals surface area contributed by atoms with Crippen LogP contribution in [0, 0.1) is 0 Å². The first-order valence-electron chi connectivity index (χ1n) is 9.28. The van der Waals surface area contributed by atoms with Crippen LogP contribution in [0.2, 0.25) is 0 Å². The molecule has 0 amide bonds. The number of benzene rings is 1. The van der Waals surface area contributed by atoms with Crippen LogP contribution in [0.3, 0.4) is 0 Å². The summed E-state index contributed by atoms with van der Waals surface area (Å²) in [6.07, 6.45) is 4.61. The second-order valence-electron chi connectivity index (χ2n) is 6.27. The van der Waals surface area contributed by atoms with Gasteiger partial charge >= 0.3 is 0 Å². The molecule has 0 spiro atoms. The summed E-state index contributed by atoms with van der Waals surface area (Å²) in [6, 6.07) is 12.6. The third-order valence-corrected chi connectivity index (χ3v) is 6.42. The highest BCUT2D eigenvalue weighted by molar-refractivity contribution is 7.98. The average molecular weight is 408 g/mol.